The zero-order chi connectivity index (χ0) is 41.7. The summed E-state index contributed by atoms with van der Waals surface area (Å²) < 4.78 is 5.87. The summed E-state index contributed by atoms with van der Waals surface area (Å²) >= 11 is 0. The first-order chi connectivity index (χ1) is 28.0. The van der Waals surface area contributed by atoms with Gasteiger partial charge in [0.1, 0.15) is 6.10 Å². The first kappa shape index (κ1) is 53.8. The van der Waals surface area contributed by atoms with Crippen molar-refractivity contribution in [2.45, 2.75) is 206 Å². The Balaban J connectivity index is 4.76. The molecule has 0 aliphatic carbocycles. The average Bonchev–Trinajstić information content (AvgIpc) is 3.20. The number of allylic oxidation sites excluding steroid dienone is 16. The van der Waals surface area contributed by atoms with Crippen molar-refractivity contribution in [1.82, 2.24) is 5.32 Å². The average molecular weight is 792 g/mol. The molecule has 0 rings (SSSR count). The number of unbranched alkanes of at least 4 members (excludes halogenated alkanes) is 17. The van der Waals surface area contributed by atoms with E-state index in [4.69, 9.17) is 4.74 Å². The predicted octanol–water partition coefficient (Wildman–Crippen LogP) is 13.4. The van der Waals surface area contributed by atoms with E-state index in [1.165, 1.54) is 57.8 Å². The highest BCUT2D eigenvalue weighted by molar-refractivity contribution is 5.77. The van der Waals surface area contributed by atoms with Crippen LogP contribution >= 0.6 is 0 Å². The molecule has 0 aromatic heterocycles. The van der Waals surface area contributed by atoms with Crippen LogP contribution in [0, 0.1) is 0 Å². The van der Waals surface area contributed by atoms with Crippen LogP contribution < -0.4 is 5.32 Å². The molecule has 0 saturated carbocycles. The highest BCUT2D eigenvalue weighted by Gasteiger charge is 2.24. The molecule has 0 radical (unpaired) electrons. The topological polar surface area (TPSA) is 95.9 Å². The van der Waals surface area contributed by atoms with Gasteiger partial charge in [0.15, 0.2) is 0 Å². The second-order valence-electron chi connectivity index (χ2n) is 15.2. The standard InChI is InChI=1S/C51H85NO5/c1-4-7-10-13-16-19-22-25-27-30-33-36-39-42-47(57-51(56)44-41-38-35-32-29-26-23-20-17-14-11-8-5-2)45-50(55)52-48(46-53)49(54)43-40-37-34-31-28-24-21-18-15-12-9-6-3/h7-8,10-11,13-14,16-17,19-20,22-23,25-27,29,47-49,53-54H,4-6,9,12,15,18,21,24,28,30-46H2,1-3H3,(H,52,55)/b10-7+,11-8+,16-13+,17-14+,22-19+,23-20-,27-25-,29-26-. The molecule has 57 heavy (non-hydrogen) atoms. The van der Waals surface area contributed by atoms with E-state index in [9.17, 15) is 19.8 Å². The van der Waals surface area contributed by atoms with Gasteiger partial charge in [-0.25, -0.2) is 0 Å². The van der Waals surface area contributed by atoms with Gasteiger partial charge in [-0.2, -0.15) is 0 Å². The fourth-order valence-corrected chi connectivity index (χ4v) is 6.39. The number of hydrogen-bond donors (Lipinski definition) is 3. The van der Waals surface area contributed by atoms with Gasteiger partial charge in [-0.05, 0) is 64.2 Å². The number of hydrogen-bond acceptors (Lipinski definition) is 5. The van der Waals surface area contributed by atoms with Crippen molar-refractivity contribution in [2.24, 2.45) is 0 Å². The lowest BCUT2D eigenvalue weighted by Gasteiger charge is -2.24. The highest BCUT2D eigenvalue weighted by Crippen LogP contribution is 2.17. The SMILES string of the molecule is CC/C=C/C=C/C=C\C=C/CCCCCC(=O)OC(CCCCC\C=C/C=C/C=C/C=C/CC)CC(=O)NC(CO)C(O)CCCCCCCCCCCCCC. The van der Waals surface area contributed by atoms with Crippen molar-refractivity contribution in [2.75, 3.05) is 6.61 Å². The molecule has 324 valence electrons. The fourth-order valence-electron chi connectivity index (χ4n) is 6.39. The first-order valence-electron chi connectivity index (χ1n) is 23.1. The van der Waals surface area contributed by atoms with Gasteiger partial charge in [0.05, 0.1) is 25.2 Å². The minimum absolute atomic E-state index is 0.0294. The molecule has 0 bridgehead atoms. The summed E-state index contributed by atoms with van der Waals surface area (Å²) in [6.45, 7) is 6.15. The van der Waals surface area contributed by atoms with Crippen LogP contribution in [0.25, 0.3) is 0 Å². The van der Waals surface area contributed by atoms with Crippen LogP contribution in [-0.2, 0) is 14.3 Å². The molecule has 1 amide bonds. The molecule has 3 unspecified atom stereocenters. The number of carbonyl (C=O) groups excluding carboxylic acids is 2. The molecule has 6 nitrogen and oxygen atoms in total. The maximum absolute atomic E-state index is 13.1. The summed E-state index contributed by atoms with van der Waals surface area (Å²) in [7, 11) is 0. The van der Waals surface area contributed by atoms with Crippen LogP contribution in [0.3, 0.4) is 0 Å². The number of ether oxygens (including phenoxy) is 1. The van der Waals surface area contributed by atoms with Crippen LogP contribution in [-0.4, -0.2) is 46.9 Å². The van der Waals surface area contributed by atoms with Crippen molar-refractivity contribution >= 4 is 11.9 Å². The van der Waals surface area contributed by atoms with Crippen LogP contribution in [0.1, 0.15) is 188 Å². The van der Waals surface area contributed by atoms with Crippen molar-refractivity contribution in [3.63, 3.8) is 0 Å². The van der Waals surface area contributed by atoms with Crippen molar-refractivity contribution in [3.8, 4) is 0 Å². The molecular formula is C51H85NO5. The molecule has 0 fully saturated rings. The Hall–Kier alpha value is -3.22. The number of aliphatic hydroxyl groups is 2. The molecular weight excluding hydrogens is 707 g/mol. The monoisotopic (exact) mass is 792 g/mol. The third-order valence-electron chi connectivity index (χ3n) is 9.85. The summed E-state index contributed by atoms with van der Waals surface area (Å²) in [6.07, 6.45) is 57.5. The van der Waals surface area contributed by atoms with Crippen LogP contribution in [0.5, 0.6) is 0 Å². The summed E-state index contributed by atoms with van der Waals surface area (Å²) in [5.41, 5.74) is 0. The summed E-state index contributed by atoms with van der Waals surface area (Å²) in [5.74, 6) is -0.571. The quantitative estimate of drug-likeness (QED) is 0.0327. The Kier molecular flexibility index (Phi) is 41.4. The third kappa shape index (κ3) is 39.4. The number of rotatable bonds is 39. The number of carbonyl (C=O) groups is 2. The van der Waals surface area contributed by atoms with Crippen molar-refractivity contribution < 1.29 is 24.5 Å². The molecule has 0 aromatic rings. The van der Waals surface area contributed by atoms with Crippen LogP contribution in [0.15, 0.2) is 97.2 Å². The predicted molar refractivity (Wildman–Crippen MR) is 245 cm³/mol. The largest absolute Gasteiger partial charge is 0.462 e. The molecule has 0 spiro atoms. The summed E-state index contributed by atoms with van der Waals surface area (Å²) in [5, 5.41) is 23.6. The van der Waals surface area contributed by atoms with Gasteiger partial charge in [0.25, 0.3) is 0 Å². The second kappa shape index (κ2) is 43.9. The molecule has 0 aliphatic rings. The van der Waals surface area contributed by atoms with E-state index >= 15 is 0 Å². The van der Waals surface area contributed by atoms with Crippen molar-refractivity contribution in [1.29, 1.82) is 0 Å². The Morgan fingerprint density at radius 2 is 0.947 bits per heavy atom. The van der Waals surface area contributed by atoms with Gasteiger partial charge < -0.3 is 20.3 Å². The molecule has 6 heteroatoms. The number of aliphatic hydroxyl groups excluding tert-OH is 2. The van der Waals surface area contributed by atoms with Gasteiger partial charge >= 0.3 is 5.97 Å². The van der Waals surface area contributed by atoms with Gasteiger partial charge in [-0.3, -0.25) is 9.59 Å². The number of esters is 1. The maximum Gasteiger partial charge on any atom is 0.306 e. The summed E-state index contributed by atoms with van der Waals surface area (Å²) in [6, 6.07) is -0.727. The fraction of sp³-hybridized carbons (Fsp3) is 0.647. The molecule has 0 saturated heterocycles. The number of amides is 1. The molecule has 0 aliphatic heterocycles. The van der Waals surface area contributed by atoms with Gasteiger partial charge in [-0.1, -0.05) is 208 Å². The van der Waals surface area contributed by atoms with Gasteiger partial charge in [0.2, 0.25) is 5.91 Å². The lowest BCUT2D eigenvalue weighted by molar-refractivity contribution is -0.151. The normalized spacial score (nSPS) is 14.3. The van der Waals surface area contributed by atoms with Crippen LogP contribution in [0.4, 0.5) is 0 Å². The lowest BCUT2D eigenvalue weighted by Crippen LogP contribution is -2.46. The Morgan fingerprint density at radius 3 is 1.44 bits per heavy atom. The smallest absolute Gasteiger partial charge is 0.306 e. The molecule has 3 atom stereocenters. The summed E-state index contributed by atoms with van der Waals surface area (Å²) in [4.78, 5) is 26.0. The number of nitrogens with one attached hydrogen (secondary N) is 1. The van der Waals surface area contributed by atoms with Crippen molar-refractivity contribution in [3.05, 3.63) is 97.2 Å². The minimum atomic E-state index is -0.810. The van der Waals surface area contributed by atoms with Gasteiger partial charge in [-0.15, -0.1) is 0 Å². The first-order valence-corrected chi connectivity index (χ1v) is 23.1. The van der Waals surface area contributed by atoms with Crippen LogP contribution in [0.2, 0.25) is 0 Å². The van der Waals surface area contributed by atoms with E-state index in [-0.39, 0.29) is 24.9 Å². The Labute approximate surface area is 350 Å². The maximum atomic E-state index is 13.1. The van der Waals surface area contributed by atoms with Gasteiger partial charge in [0, 0.05) is 6.42 Å². The zero-order valence-corrected chi connectivity index (χ0v) is 36.7. The van der Waals surface area contributed by atoms with E-state index < -0.39 is 18.2 Å². The highest BCUT2D eigenvalue weighted by atomic mass is 16.5. The van der Waals surface area contributed by atoms with E-state index in [1.54, 1.807) is 0 Å². The van der Waals surface area contributed by atoms with E-state index in [0.717, 1.165) is 83.5 Å². The molecule has 0 heterocycles. The minimum Gasteiger partial charge on any atom is -0.462 e. The van der Waals surface area contributed by atoms with E-state index in [2.05, 4.69) is 62.5 Å². The van der Waals surface area contributed by atoms with E-state index in [0.29, 0.717) is 19.3 Å². The lowest BCUT2D eigenvalue weighted by atomic mass is 10.0. The molecule has 0 aromatic carbocycles. The zero-order valence-electron chi connectivity index (χ0n) is 36.7. The Bertz CT molecular complexity index is 1160. The second-order valence-corrected chi connectivity index (χ2v) is 15.2. The molecule has 3 N–H and O–H groups in total. The Morgan fingerprint density at radius 1 is 0.526 bits per heavy atom. The third-order valence-corrected chi connectivity index (χ3v) is 9.85. The van der Waals surface area contributed by atoms with E-state index in [1.807, 2.05) is 60.8 Å².